The zero-order valence-corrected chi connectivity index (χ0v) is 18.0. The van der Waals surface area contributed by atoms with Gasteiger partial charge >= 0.3 is 0 Å². The number of carbonyl (C=O) groups excluding carboxylic acids is 2. The number of ketones is 1. The fourth-order valence-corrected chi connectivity index (χ4v) is 6.35. The summed E-state index contributed by atoms with van der Waals surface area (Å²) >= 11 is 0. The van der Waals surface area contributed by atoms with Gasteiger partial charge in [0.05, 0.1) is 12.5 Å². The number of ether oxygens (including phenoxy) is 1. The highest BCUT2D eigenvalue weighted by atomic mass is 16.5. The number of amides is 1. The van der Waals surface area contributed by atoms with Gasteiger partial charge in [-0.2, -0.15) is 0 Å². The fourth-order valence-electron chi connectivity index (χ4n) is 6.35. The molecule has 0 aromatic heterocycles. The van der Waals surface area contributed by atoms with Gasteiger partial charge in [-0.1, -0.05) is 18.2 Å². The van der Waals surface area contributed by atoms with Gasteiger partial charge < -0.3 is 10.1 Å². The van der Waals surface area contributed by atoms with Crippen molar-refractivity contribution in [2.75, 3.05) is 12.4 Å². The lowest BCUT2D eigenvalue weighted by atomic mass is 9.49. The number of allylic oxidation sites excluding steroid dienone is 1. The maximum atomic E-state index is 13.2. The van der Waals surface area contributed by atoms with Crippen LogP contribution in [0.25, 0.3) is 6.08 Å². The quantitative estimate of drug-likeness (QED) is 0.483. The van der Waals surface area contributed by atoms with Crippen molar-refractivity contribution >= 4 is 23.5 Å². The van der Waals surface area contributed by atoms with Crippen molar-refractivity contribution in [2.24, 2.45) is 23.2 Å². The monoisotopic (exact) mass is 415 g/mol. The van der Waals surface area contributed by atoms with Gasteiger partial charge in [-0.15, -0.1) is 0 Å². The topological polar surface area (TPSA) is 55.4 Å². The van der Waals surface area contributed by atoms with E-state index in [0.29, 0.717) is 5.56 Å². The molecule has 0 saturated heterocycles. The molecular weight excluding hydrogens is 386 g/mol. The number of nitrogens with one attached hydrogen (secondary N) is 1. The molecule has 4 nitrogen and oxygen atoms in total. The summed E-state index contributed by atoms with van der Waals surface area (Å²) in [5.74, 6) is 3.15. The number of hydrogen-bond donors (Lipinski definition) is 1. The molecule has 4 saturated carbocycles. The van der Waals surface area contributed by atoms with Crippen LogP contribution in [0.1, 0.15) is 54.4 Å². The Labute approximate surface area is 183 Å². The van der Waals surface area contributed by atoms with Crippen LogP contribution in [-0.4, -0.2) is 18.8 Å². The second kappa shape index (κ2) is 7.99. The third-order valence-corrected chi connectivity index (χ3v) is 7.49. The Hall–Kier alpha value is -2.88. The van der Waals surface area contributed by atoms with Crippen molar-refractivity contribution in [3.63, 3.8) is 0 Å². The highest BCUT2D eigenvalue weighted by Crippen LogP contribution is 2.60. The number of benzene rings is 2. The molecule has 0 aliphatic heterocycles. The van der Waals surface area contributed by atoms with Gasteiger partial charge in [-0.05, 0) is 104 Å². The molecule has 4 aliphatic rings. The van der Waals surface area contributed by atoms with Crippen LogP contribution in [0.4, 0.5) is 5.69 Å². The van der Waals surface area contributed by atoms with Crippen molar-refractivity contribution < 1.29 is 14.3 Å². The summed E-state index contributed by atoms with van der Waals surface area (Å²) in [4.78, 5) is 25.7. The van der Waals surface area contributed by atoms with E-state index in [1.165, 1.54) is 19.3 Å². The molecule has 6 rings (SSSR count). The molecule has 4 fully saturated rings. The summed E-state index contributed by atoms with van der Waals surface area (Å²) in [6, 6.07) is 14.8. The van der Waals surface area contributed by atoms with Gasteiger partial charge in [0.1, 0.15) is 5.75 Å². The molecule has 1 N–H and O–H groups in total. The van der Waals surface area contributed by atoms with E-state index >= 15 is 0 Å². The predicted molar refractivity (Wildman–Crippen MR) is 122 cm³/mol. The summed E-state index contributed by atoms with van der Waals surface area (Å²) in [6.07, 6.45) is 10.5. The van der Waals surface area contributed by atoms with Crippen LogP contribution in [0.5, 0.6) is 5.75 Å². The molecule has 0 atom stereocenters. The summed E-state index contributed by atoms with van der Waals surface area (Å²) in [5, 5.41) is 3.15. The number of anilines is 1. The normalized spacial score (nSPS) is 28.6. The Morgan fingerprint density at radius 1 is 0.903 bits per heavy atom. The molecule has 2 aromatic rings. The van der Waals surface area contributed by atoms with Crippen LogP contribution < -0.4 is 10.1 Å². The third kappa shape index (κ3) is 4.04. The Morgan fingerprint density at radius 2 is 1.48 bits per heavy atom. The lowest BCUT2D eigenvalue weighted by Crippen LogP contribution is -2.51. The first kappa shape index (κ1) is 20.0. The van der Waals surface area contributed by atoms with Crippen LogP contribution in [0, 0.1) is 23.2 Å². The molecule has 4 heteroatoms. The molecule has 2 aromatic carbocycles. The van der Waals surface area contributed by atoms with E-state index in [1.807, 2.05) is 36.4 Å². The molecular formula is C27H29NO3. The van der Waals surface area contributed by atoms with Crippen molar-refractivity contribution in [1.29, 1.82) is 0 Å². The van der Waals surface area contributed by atoms with Crippen LogP contribution in [-0.2, 0) is 4.79 Å². The largest absolute Gasteiger partial charge is 0.497 e. The first-order chi connectivity index (χ1) is 15.0. The minimum Gasteiger partial charge on any atom is -0.497 e. The van der Waals surface area contributed by atoms with Gasteiger partial charge in [0, 0.05) is 11.3 Å². The Kier molecular flexibility index (Phi) is 5.17. The van der Waals surface area contributed by atoms with Crippen molar-refractivity contribution in [1.82, 2.24) is 0 Å². The van der Waals surface area contributed by atoms with Gasteiger partial charge in [0.15, 0.2) is 5.78 Å². The summed E-state index contributed by atoms with van der Waals surface area (Å²) in [7, 11) is 1.63. The lowest BCUT2D eigenvalue weighted by Gasteiger charge is -2.55. The summed E-state index contributed by atoms with van der Waals surface area (Å²) in [5.41, 5.74) is 2.16. The number of rotatable bonds is 6. The number of carbonyl (C=O) groups is 2. The first-order valence-electron chi connectivity index (χ1n) is 11.3. The number of methoxy groups -OCH3 is 1. The van der Waals surface area contributed by atoms with E-state index < -0.39 is 0 Å². The summed E-state index contributed by atoms with van der Waals surface area (Å²) in [6.45, 7) is 0. The Balaban J connectivity index is 1.22. The molecule has 0 unspecified atom stereocenters. The molecule has 1 amide bonds. The SMILES string of the molecule is COc1ccc(/C=C\C(=O)c2ccc(NC(=O)C34CC5CC(CC(C5)C3)C4)cc2)cc1. The highest BCUT2D eigenvalue weighted by Gasteiger charge is 2.54. The Bertz CT molecular complexity index is 968. The van der Waals surface area contributed by atoms with E-state index in [9.17, 15) is 9.59 Å². The van der Waals surface area contributed by atoms with Crippen molar-refractivity contribution in [3.05, 3.63) is 65.7 Å². The average Bonchev–Trinajstić information content (AvgIpc) is 2.77. The maximum absolute atomic E-state index is 13.2. The standard InChI is InChI=1S/C27H29NO3/c1-31-24-9-2-18(3-10-24)4-11-25(29)22-5-7-23(8-6-22)28-26(30)27-15-19-12-20(16-27)14-21(13-19)17-27/h2-11,19-21H,12-17H2,1H3,(H,28,30)/b11-4-. The molecule has 160 valence electrons. The minimum atomic E-state index is -0.162. The fraction of sp³-hybridized carbons (Fsp3) is 0.407. The van der Waals surface area contributed by atoms with Crippen molar-refractivity contribution in [3.8, 4) is 5.75 Å². The van der Waals surface area contributed by atoms with E-state index in [2.05, 4.69) is 5.32 Å². The predicted octanol–water partition coefficient (Wildman–Crippen LogP) is 5.75. The van der Waals surface area contributed by atoms with E-state index in [4.69, 9.17) is 4.74 Å². The molecule has 0 heterocycles. The molecule has 0 radical (unpaired) electrons. The Morgan fingerprint density at radius 3 is 2.03 bits per heavy atom. The lowest BCUT2D eigenvalue weighted by molar-refractivity contribution is -0.140. The first-order valence-corrected chi connectivity index (χ1v) is 11.3. The molecule has 0 spiro atoms. The van der Waals surface area contributed by atoms with E-state index in [1.54, 1.807) is 31.4 Å². The van der Waals surface area contributed by atoms with Gasteiger partial charge in [0.2, 0.25) is 5.91 Å². The second-order valence-corrected chi connectivity index (χ2v) is 9.70. The van der Waals surface area contributed by atoms with Gasteiger partial charge in [-0.3, -0.25) is 9.59 Å². The van der Waals surface area contributed by atoms with Gasteiger partial charge in [-0.25, -0.2) is 0 Å². The molecule has 4 bridgehead atoms. The average molecular weight is 416 g/mol. The maximum Gasteiger partial charge on any atom is 0.230 e. The highest BCUT2D eigenvalue weighted by molar-refractivity contribution is 6.07. The van der Waals surface area contributed by atoms with Crippen LogP contribution in [0.2, 0.25) is 0 Å². The smallest absolute Gasteiger partial charge is 0.230 e. The van der Waals surface area contributed by atoms with Crippen LogP contribution in [0.3, 0.4) is 0 Å². The van der Waals surface area contributed by atoms with E-state index in [0.717, 1.165) is 54.0 Å². The zero-order chi connectivity index (χ0) is 21.4. The van der Waals surface area contributed by atoms with Crippen molar-refractivity contribution in [2.45, 2.75) is 38.5 Å². The molecule has 4 aliphatic carbocycles. The van der Waals surface area contributed by atoms with Gasteiger partial charge in [0.25, 0.3) is 0 Å². The zero-order valence-electron chi connectivity index (χ0n) is 18.0. The second-order valence-electron chi connectivity index (χ2n) is 9.70. The molecule has 31 heavy (non-hydrogen) atoms. The van der Waals surface area contributed by atoms with Crippen LogP contribution >= 0.6 is 0 Å². The third-order valence-electron chi connectivity index (χ3n) is 7.49. The minimum absolute atomic E-state index is 0.0604. The van der Waals surface area contributed by atoms with E-state index in [-0.39, 0.29) is 17.1 Å². The van der Waals surface area contributed by atoms with Crippen LogP contribution in [0.15, 0.2) is 54.6 Å². The number of hydrogen-bond acceptors (Lipinski definition) is 3. The summed E-state index contributed by atoms with van der Waals surface area (Å²) < 4.78 is 5.15.